The molecule has 4 rings (SSSR count). The lowest BCUT2D eigenvalue weighted by atomic mass is 9.82. The monoisotopic (exact) mass is 430 g/mol. The molecule has 0 bridgehead atoms. The van der Waals surface area contributed by atoms with E-state index in [2.05, 4.69) is 12.7 Å². The van der Waals surface area contributed by atoms with E-state index >= 15 is 4.39 Å². The van der Waals surface area contributed by atoms with E-state index in [1.54, 1.807) is 18.2 Å². The molecule has 0 amide bonds. The maximum Gasteiger partial charge on any atom is 0.167 e. The van der Waals surface area contributed by atoms with Gasteiger partial charge in [0.05, 0.1) is 12.7 Å². The molecule has 0 fully saturated rings. The molecule has 2 aliphatic rings. The van der Waals surface area contributed by atoms with Crippen molar-refractivity contribution >= 4 is 0 Å². The Morgan fingerprint density at radius 3 is 2.00 bits per heavy atom. The Morgan fingerprint density at radius 2 is 1.48 bits per heavy atom. The van der Waals surface area contributed by atoms with Crippen LogP contribution < -0.4 is 0 Å². The topological polar surface area (TPSA) is 9.23 Å². The van der Waals surface area contributed by atoms with Crippen molar-refractivity contribution in [1.82, 2.24) is 0 Å². The van der Waals surface area contributed by atoms with Crippen LogP contribution in [-0.4, -0.2) is 12.7 Å². The molecule has 1 heterocycles. The molecule has 1 aliphatic carbocycles. The quantitative estimate of drug-likeness (QED) is 0.362. The molecule has 1 unspecified atom stereocenters. The first-order chi connectivity index (χ1) is 14.9. The van der Waals surface area contributed by atoms with Gasteiger partial charge in [0, 0.05) is 11.1 Å². The van der Waals surface area contributed by atoms with Crippen LogP contribution >= 0.6 is 0 Å². The second kappa shape index (κ2) is 8.99. The summed E-state index contributed by atoms with van der Waals surface area (Å²) >= 11 is 0. The van der Waals surface area contributed by atoms with E-state index < -0.39 is 23.3 Å². The lowest BCUT2D eigenvalue weighted by Gasteiger charge is -2.24. The van der Waals surface area contributed by atoms with Gasteiger partial charge in [0.2, 0.25) is 0 Å². The van der Waals surface area contributed by atoms with Crippen LogP contribution in [0.2, 0.25) is 0 Å². The van der Waals surface area contributed by atoms with Crippen LogP contribution in [0.5, 0.6) is 0 Å². The van der Waals surface area contributed by atoms with Gasteiger partial charge in [-0.3, -0.25) is 0 Å². The molecule has 0 spiro atoms. The lowest BCUT2D eigenvalue weighted by Crippen LogP contribution is -2.16. The molecule has 2 aromatic rings. The minimum Gasteiger partial charge on any atom is -0.374 e. The third-order valence-corrected chi connectivity index (χ3v) is 6.27. The summed E-state index contributed by atoms with van der Waals surface area (Å²) < 4.78 is 65.3. The molecule has 5 heteroatoms. The van der Waals surface area contributed by atoms with Crippen LogP contribution in [0.4, 0.5) is 17.6 Å². The van der Waals surface area contributed by atoms with E-state index in [1.807, 2.05) is 6.92 Å². The van der Waals surface area contributed by atoms with Gasteiger partial charge in [-0.2, -0.15) is 0 Å². The number of rotatable bonds is 6. The minimum atomic E-state index is -1.10. The first-order valence-electron chi connectivity index (χ1n) is 10.8. The zero-order valence-electron chi connectivity index (χ0n) is 17.7. The summed E-state index contributed by atoms with van der Waals surface area (Å²) in [5.41, 5.74) is 2.36. The van der Waals surface area contributed by atoms with Crippen LogP contribution in [0.25, 0.3) is 11.1 Å². The maximum atomic E-state index is 15.1. The number of hydrogen-bond donors (Lipinski definition) is 0. The summed E-state index contributed by atoms with van der Waals surface area (Å²) in [5.74, 6) is -4.15. The molecule has 164 valence electrons. The van der Waals surface area contributed by atoms with Gasteiger partial charge in [0.15, 0.2) is 23.3 Å². The molecule has 1 aliphatic heterocycles. The molecule has 2 aromatic carbocycles. The van der Waals surface area contributed by atoms with E-state index in [-0.39, 0.29) is 28.4 Å². The highest BCUT2D eigenvalue weighted by Crippen LogP contribution is 2.41. The van der Waals surface area contributed by atoms with Crippen molar-refractivity contribution in [1.29, 1.82) is 0 Å². The van der Waals surface area contributed by atoms with Crippen molar-refractivity contribution < 1.29 is 22.3 Å². The van der Waals surface area contributed by atoms with Gasteiger partial charge in [0.1, 0.15) is 0 Å². The van der Waals surface area contributed by atoms with E-state index in [0.717, 1.165) is 12.0 Å². The number of ether oxygens (including phenoxy) is 1. The van der Waals surface area contributed by atoms with Crippen molar-refractivity contribution in [2.75, 3.05) is 6.61 Å². The van der Waals surface area contributed by atoms with Crippen LogP contribution in [0.3, 0.4) is 0 Å². The fourth-order valence-corrected chi connectivity index (χ4v) is 4.48. The summed E-state index contributed by atoms with van der Waals surface area (Å²) in [6.45, 7) is 6.10. The van der Waals surface area contributed by atoms with Crippen molar-refractivity contribution in [2.45, 2.75) is 58.0 Å². The third kappa shape index (κ3) is 4.20. The third-order valence-electron chi connectivity index (χ3n) is 6.27. The SMILES string of the molecule is C=CCCc1cc2c(c(F)c1F)-c1c(cc(CCC3=CCC(C)OC3)c(F)c1F)CC2. The Labute approximate surface area is 180 Å². The van der Waals surface area contributed by atoms with Gasteiger partial charge in [-0.1, -0.05) is 24.3 Å². The molecule has 0 aromatic heterocycles. The van der Waals surface area contributed by atoms with Gasteiger partial charge in [-0.15, -0.1) is 6.58 Å². The van der Waals surface area contributed by atoms with Gasteiger partial charge >= 0.3 is 0 Å². The predicted molar refractivity (Wildman–Crippen MR) is 114 cm³/mol. The fourth-order valence-electron chi connectivity index (χ4n) is 4.48. The van der Waals surface area contributed by atoms with E-state index in [0.29, 0.717) is 56.3 Å². The van der Waals surface area contributed by atoms with Gasteiger partial charge in [0.25, 0.3) is 0 Å². The highest BCUT2D eigenvalue weighted by atomic mass is 19.2. The molecular weight excluding hydrogens is 404 g/mol. The zero-order valence-corrected chi connectivity index (χ0v) is 17.7. The Hall–Kier alpha value is -2.40. The van der Waals surface area contributed by atoms with Crippen molar-refractivity contribution in [3.05, 3.63) is 82.0 Å². The van der Waals surface area contributed by atoms with Crippen LogP contribution in [-0.2, 0) is 30.4 Å². The summed E-state index contributed by atoms with van der Waals surface area (Å²) in [5, 5.41) is 0. The van der Waals surface area contributed by atoms with Crippen LogP contribution in [0.15, 0.2) is 36.4 Å². The average molecular weight is 430 g/mol. The standard InChI is InChI=1S/C26H26F4O/c1-3-4-5-19-12-17-10-11-18-13-20(9-8-16-7-6-15(2)31-14-16)24(28)26(30)22(18)21(17)25(29)23(19)27/h3,7,12-13,15H,1,4-6,8-11,14H2,2H3. The highest BCUT2D eigenvalue weighted by Gasteiger charge is 2.29. The molecular formula is C26H26F4O. The molecule has 31 heavy (non-hydrogen) atoms. The first kappa shape index (κ1) is 21.8. The second-order valence-electron chi connectivity index (χ2n) is 8.44. The predicted octanol–water partition coefficient (Wildman–Crippen LogP) is 6.80. The average Bonchev–Trinajstić information content (AvgIpc) is 2.77. The largest absolute Gasteiger partial charge is 0.374 e. The van der Waals surface area contributed by atoms with E-state index in [1.165, 1.54) is 0 Å². The first-order valence-corrected chi connectivity index (χ1v) is 10.8. The van der Waals surface area contributed by atoms with Crippen LogP contribution in [0, 0.1) is 23.3 Å². The summed E-state index contributed by atoms with van der Waals surface area (Å²) in [6, 6.07) is 3.20. The summed E-state index contributed by atoms with van der Waals surface area (Å²) in [6.07, 6.45) is 7.39. The molecule has 1 nitrogen and oxygen atoms in total. The summed E-state index contributed by atoms with van der Waals surface area (Å²) in [4.78, 5) is 0. The maximum absolute atomic E-state index is 15.1. The molecule has 0 saturated carbocycles. The molecule has 0 N–H and O–H groups in total. The number of fused-ring (bicyclic) bond motifs is 3. The summed E-state index contributed by atoms with van der Waals surface area (Å²) in [7, 11) is 0. The Bertz CT molecular complexity index is 1050. The zero-order chi connectivity index (χ0) is 22.1. The fraction of sp³-hybridized carbons (Fsp3) is 0.385. The van der Waals surface area contributed by atoms with Gasteiger partial charge in [-0.05, 0) is 79.7 Å². The van der Waals surface area contributed by atoms with Crippen molar-refractivity contribution in [3.63, 3.8) is 0 Å². The van der Waals surface area contributed by atoms with E-state index in [4.69, 9.17) is 4.74 Å². The molecule has 0 saturated heterocycles. The Morgan fingerprint density at radius 1 is 0.903 bits per heavy atom. The molecule has 0 radical (unpaired) electrons. The second-order valence-corrected chi connectivity index (χ2v) is 8.44. The van der Waals surface area contributed by atoms with Crippen molar-refractivity contribution in [2.24, 2.45) is 0 Å². The Kier molecular flexibility index (Phi) is 6.33. The number of hydrogen-bond acceptors (Lipinski definition) is 1. The lowest BCUT2D eigenvalue weighted by molar-refractivity contribution is 0.0740. The normalized spacial score (nSPS) is 17.7. The number of halogens is 4. The number of aryl methyl sites for hydroxylation is 4. The van der Waals surface area contributed by atoms with Gasteiger partial charge < -0.3 is 4.74 Å². The van der Waals surface area contributed by atoms with Crippen LogP contribution in [0.1, 0.15) is 48.4 Å². The highest BCUT2D eigenvalue weighted by molar-refractivity contribution is 5.75. The molecule has 1 atom stereocenters. The Balaban J connectivity index is 1.68. The number of allylic oxidation sites excluding steroid dienone is 1. The van der Waals surface area contributed by atoms with Crippen molar-refractivity contribution in [3.8, 4) is 11.1 Å². The smallest absolute Gasteiger partial charge is 0.167 e. The van der Waals surface area contributed by atoms with Gasteiger partial charge in [-0.25, -0.2) is 17.6 Å². The van der Waals surface area contributed by atoms with E-state index in [9.17, 15) is 13.2 Å². The minimum absolute atomic E-state index is 0.136. The number of benzene rings is 2.